The molecule has 2 amide bonds. The number of nitrogens with one attached hydrogen (secondary N) is 1. The molecule has 1 aromatic rings. The fourth-order valence-corrected chi connectivity index (χ4v) is 3.67. The quantitative estimate of drug-likeness (QED) is 0.824. The molecule has 1 aliphatic heterocycles. The Balaban J connectivity index is 1.88. The Labute approximate surface area is 153 Å². The van der Waals surface area contributed by atoms with Crippen molar-refractivity contribution in [3.63, 3.8) is 0 Å². The van der Waals surface area contributed by atoms with Crippen LogP contribution in [0, 0.1) is 11.8 Å². The summed E-state index contributed by atoms with van der Waals surface area (Å²) in [4.78, 5) is 28.5. The molecule has 146 valence electrons. The smallest absolute Gasteiger partial charge is 0.394 e. The molecule has 1 aliphatic rings. The van der Waals surface area contributed by atoms with Gasteiger partial charge in [-0.15, -0.1) is 11.3 Å². The zero-order valence-electron chi connectivity index (χ0n) is 14.8. The predicted octanol–water partition coefficient (Wildman–Crippen LogP) is 2.89. The van der Waals surface area contributed by atoms with E-state index in [2.05, 4.69) is 10.3 Å². The van der Waals surface area contributed by atoms with Crippen LogP contribution in [0.5, 0.6) is 0 Å². The molecule has 2 atom stereocenters. The standard InChI is InChI=1S/C16H22F3N3O3S/c1-15(2,3)13-21-9(8-26-13)4-5-20-14(25)22-6-10(12(23)24)11(7-22)16(17,18)19/h8,10-11H,4-7H2,1-3H3,(H,20,25)(H,23,24)/t10-,11-/m1/s1. The lowest BCUT2D eigenvalue weighted by atomic mass is 9.96. The van der Waals surface area contributed by atoms with Gasteiger partial charge in [-0.25, -0.2) is 9.78 Å². The number of halogens is 3. The third-order valence-electron chi connectivity index (χ3n) is 4.20. The average Bonchev–Trinajstić information content (AvgIpc) is 3.13. The summed E-state index contributed by atoms with van der Waals surface area (Å²) in [7, 11) is 0. The van der Waals surface area contributed by atoms with Gasteiger partial charge >= 0.3 is 18.2 Å². The van der Waals surface area contributed by atoms with Crippen LogP contribution in [0.15, 0.2) is 5.38 Å². The SMILES string of the molecule is CC(C)(C)c1nc(CCNC(=O)N2C[C@@H](C(F)(F)F)[C@H](C(=O)O)C2)cs1. The number of alkyl halides is 3. The molecule has 1 fully saturated rings. The summed E-state index contributed by atoms with van der Waals surface area (Å²) in [6, 6.07) is -0.686. The van der Waals surface area contributed by atoms with Gasteiger partial charge in [0.2, 0.25) is 0 Å². The van der Waals surface area contributed by atoms with Crippen LogP contribution in [0.1, 0.15) is 31.5 Å². The summed E-state index contributed by atoms with van der Waals surface area (Å²) in [5, 5.41) is 14.4. The summed E-state index contributed by atoms with van der Waals surface area (Å²) in [5.74, 6) is -5.22. The normalized spacial score (nSPS) is 21.1. The first-order chi connectivity index (χ1) is 11.9. The summed E-state index contributed by atoms with van der Waals surface area (Å²) in [6.45, 7) is 5.26. The minimum absolute atomic E-state index is 0.0693. The van der Waals surface area contributed by atoms with Crippen LogP contribution < -0.4 is 5.32 Å². The van der Waals surface area contributed by atoms with Crippen LogP contribution in [0.25, 0.3) is 0 Å². The number of nitrogens with zero attached hydrogens (tertiary/aromatic N) is 2. The molecule has 0 aromatic carbocycles. The van der Waals surface area contributed by atoms with E-state index in [1.807, 2.05) is 26.2 Å². The number of thiazole rings is 1. The maximum Gasteiger partial charge on any atom is 0.394 e. The maximum absolute atomic E-state index is 13.0. The lowest BCUT2D eigenvalue weighted by molar-refractivity contribution is -0.187. The van der Waals surface area contributed by atoms with Crippen LogP contribution in [-0.4, -0.2) is 52.8 Å². The van der Waals surface area contributed by atoms with Gasteiger partial charge in [0, 0.05) is 36.9 Å². The summed E-state index contributed by atoms with van der Waals surface area (Å²) in [5.41, 5.74) is 0.735. The van der Waals surface area contributed by atoms with E-state index >= 15 is 0 Å². The van der Waals surface area contributed by atoms with Gasteiger partial charge in [0.15, 0.2) is 0 Å². The number of carboxylic acids is 1. The van der Waals surface area contributed by atoms with Gasteiger partial charge in [-0.2, -0.15) is 13.2 Å². The minimum Gasteiger partial charge on any atom is -0.481 e. The van der Waals surface area contributed by atoms with E-state index in [9.17, 15) is 22.8 Å². The highest BCUT2D eigenvalue weighted by atomic mass is 32.1. The van der Waals surface area contributed by atoms with Gasteiger partial charge in [0.05, 0.1) is 22.5 Å². The highest BCUT2D eigenvalue weighted by Crippen LogP contribution is 2.37. The number of rotatable bonds is 4. The summed E-state index contributed by atoms with van der Waals surface area (Å²) >= 11 is 1.52. The topological polar surface area (TPSA) is 82.5 Å². The Morgan fingerprint density at radius 2 is 2.00 bits per heavy atom. The Bertz CT molecular complexity index is 670. The molecule has 0 radical (unpaired) electrons. The van der Waals surface area contributed by atoms with E-state index in [1.54, 1.807) is 0 Å². The fraction of sp³-hybridized carbons (Fsp3) is 0.688. The number of carbonyl (C=O) groups excluding carboxylic acids is 1. The predicted molar refractivity (Wildman–Crippen MR) is 90.2 cm³/mol. The first kappa shape index (κ1) is 20.5. The highest BCUT2D eigenvalue weighted by molar-refractivity contribution is 7.09. The second kappa shape index (κ2) is 7.42. The minimum atomic E-state index is -4.65. The summed E-state index contributed by atoms with van der Waals surface area (Å²) in [6.07, 6.45) is -4.20. The molecule has 0 saturated carbocycles. The molecule has 1 saturated heterocycles. The molecular weight excluding hydrogens is 371 g/mol. The van der Waals surface area contributed by atoms with Crippen LogP contribution >= 0.6 is 11.3 Å². The zero-order valence-corrected chi connectivity index (χ0v) is 15.6. The largest absolute Gasteiger partial charge is 0.481 e. The number of aromatic nitrogens is 1. The second-order valence-electron chi connectivity index (χ2n) is 7.37. The van der Waals surface area contributed by atoms with Crippen molar-refractivity contribution in [1.82, 2.24) is 15.2 Å². The lowest BCUT2D eigenvalue weighted by Gasteiger charge is -2.18. The van der Waals surface area contributed by atoms with E-state index in [0.717, 1.165) is 15.6 Å². The van der Waals surface area contributed by atoms with Crippen molar-refractivity contribution in [3.05, 3.63) is 16.1 Å². The van der Waals surface area contributed by atoms with E-state index in [4.69, 9.17) is 5.11 Å². The molecular formula is C16H22F3N3O3S. The van der Waals surface area contributed by atoms with Crippen molar-refractivity contribution in [3.8, 4) is 0 Å². The molecule has 6 nitrogen and oxygen atoms in total. The Morgan fingerprint density at radius 3 is 2.46 bits per heavy atom. The van der Waals surface area contributed by atoms with Gasteiger partial charge < -0.3 is 15.3 Å². The number of amides is 2. The third-order valence-corrected chi connectivity index (χ3v) is 5.51. The van der Waals surface area contributed by atoms with Crippen molar-refractivity contribution in [2.24, 2.45) is 11.8 Å². The highest BCUT2D eigenvalue weighted by Gasteiger charge is 2.53. The molecule has 2 rings (SSSR count). The van der Waals surface area contributed by atoms with E-state index < -0.39 is 43.1 Å². The van der Waals surface area contributed by atoms with Crippen molar-refractivity contribution in [1.29, 1.82) is 0 Å². The molecule has 26 heavy (non-hydrogen) atoms. The third kappa shape index (κ3) is 4.87. The van der Waals surface area contributed by atoms with Gasteiger partial charge in [-0.1, -0.05) is 20.8 Å². The summed E-state index contributed by atoms with van der Waals surface area (Å²) < 4.78 is 38.9. The number of hydrogen-bond acceptors (Lipinski definition) is 4. The molecule has 10 heteroatoms. The second-order valence-corrected chi connectivity index (χ2v) is 8.23. The lowest BCUT2D eigenvalue weighted by Crippen LogP contribution is -2.40. The van der Waals surface area contributed by atoms with E-state index in [0.29, 0.717) is 6.42 Å². The van der Waals surface area contributed by atoms with E-state index in [-0.39, 0.29) is 12.0 Å². The number of likely N-dealkylation sites (tertiary alicyclic amines) is 1. The molecule has 0 spiro atoms. The number of hydrogen-bond donors (Lipinski definition) is 2. The first-order valence-electron chi connectivity index (χ1n) is 8.16. The van der Waals surface area contributed by atoms with Gasteiger partial charge in [-0.05, 0) is 0 Å². The van der Waals surface area contributed by atoms with Crippen molar-refractivity contribution in [2.45, 2.75) is 38.8 Å². The monoisotopic (exact) mass is 393 g/mol. The van der Waals surface area contributed by atoms with Crippen LogP contribution in [0.2, 0.25) is 0 Å². The Morgan fingerprint density at radius 1 is 1.35 bits per heavy atom. The molecule has 2 heterocycles. The maximum atomic E-state index is 13.0. The van der Waals surface area contributed by atoms with Gasteiger partial charge in [0.25, 0.3) is 0 Å². The van der Waals surface area contributed by atoms with Crippen molar-refractivity contribution < 1.29 is 27.9 Å². The number of urea groups is 1. The molecule has 0 unspecified atom stereocenters. The van der Waals surface area contributed by atoms with Gasteiger partial charge in [-0.3, -0.25) is 4.79 Å². The average molecular weight is 393 g/mol. The molecule has 0 bridgehead atoms. The fourth-order valence-electron chi connectivity index (χ4n) is 2.73. The van der Waals surface area contributed by atoms with E-state index in [1.165, 1.54) is 11.3 Å². The molecule has 0 aliphatic carbocycles. The van der Waals surface area contributed by atoms with Crippen LogP contribution in [0.4, 0.5) is 18.0 Å². The number of carbonyl (C=O) groups is 2. The van der Waals surface area contributed by atoms with Crippen LogP contribution in [0.3, 0.4) is 0 Å². The molecule has 2 N–H and O–H groups in total. The zero-order chi connectivity index (χ0) is 19.7. The number of carboxylic acid groups (broad SMARTS) is 1. The Kier molecular flexibility index (Phi) is 5.84. The van der Waals surface area contributed by atoms with Gasteiger partial charge in [0.1, 0.15) is 0 Å². The first-order valence-corrected chi connectivity index (χ1v) is 9.04. The molecule has 1 aromatic heterocycles. The van der Waals surface area contributed by atoms with Crippen molar-refractivity contribution >= 4 is 23.3 Å². The van der Waals surface area contributed by atoms with Crippen LogP contribution in [-0.2, 0) is 16.6 Å². The Hall–Kier alpha value is -1.84. The number of aliphatic carboxylic acids is 1. The van der Waals surface area contributed by atoms with Crippen molar-refractivity contribution in [2.75, 3.05) is 19.6 Å².